The van der Waals surface area contributed by atoms with E-state index in [1.807, 2.05) is 13.8 Å². The average molecular weight is 604 g/mol. The van der Waals surface area contributed by atoms with Crippen LogP contribution in [0.4, 0.5) is 0 Å². The van der Waals surface area contributed by atoms with Crippen LogP contribution in [0.2, 0.25) is 0 Å². The molecule has 0 heterocycles. The zero-order valence-corrected chi connectivity index (χ0v) is 24.9. The third-order valence-corrected chi connectivity index (χ3v) is 6.04. The molecule has 16 heteroatoms. The van der Waals surface area contributed by atoms with Crippen LogP contribution in [-0.2, 0) is 28.8 Å². The van der Waals surface area contributed by atoms with E-state index in [1.54, 1.807) is 13.8 Å². The lowest BCUT2D eigenvalue weighted by Gasteiger charge is -2.25. The quantitative estimate of drug-likeness (QED) is 0.0579. The molecule has 0 aliphatic rings. The summed E-state index contributed by atoms with van der Waals surface area (Å²) < 4.78 is 0. The maximum absolute atomic E-state index is 13.0. The van der Waals surface area contributed by atoms with Gasteiger partial charge in [-0.05, 0) is 50.5 Å². The third-order valence-electron chi connectivity index (χ3n) is 6.04. The molecule has 0 spiro atoms. The molecule has 242 valence electrons. The smallest absolute Gasteiger partial charge is 0.326 e. The fourth-order valence-electron chi connectivity index (χ4n) is 3.82. The topological polar surface area (TPSA) is 275 Å². The van der Waals surface area contributed by atoms with Crippen molar-refractivity contribution < 1.29 is 44.1 Å². The first-order valence-corrected chi connectivity index (χ1v) is 14.0. The molecule has 0 saturated heterocycles. The van der Waals surface area contributed by atoms with Crippen LogP contribution >= 0.6 is 0 Å². The van der Waals surface area contributed by atoms with Gasteiger partial charge in [-0.25, -0.2) is 4.79 Å². The Labute approximate surface area is 246 Å². The van der Waals surface area contributed by atoms with Gasteiger partial charge in [-0.1, -0.05) is 27.7 Å². The summed E-state index contributed by atoms with van der Waals surface area (Å²) >= 11 is 0. The minimum absolute atomic E-state index is 0.0778. The third kappa shape index (κ3) is 15.6. The number of hydrogen-bond donors (Lipinski definition) is 10. The van der Waals surface area contributed by atoms with E-state index in [4.69, 9.17) is 11.5 Å². The average Bonchev–Trinajstić information content (AvgIpc) is 2.91. The standard InChI is InChI=1S/C26H49N7O9/c1-14(2)9-16(28)22(37)29-11-21(36)30-18(10-15(3)4)23(38)32-20(13-35)25(40)33-19(12-34)24(39)31-17(26(41)42)7-5-6-8-27/h14-20,34-35H,5-13,27-28H2,1-4H3,(H,29,37)(H,30,36)(H,31,39)(H,32,38)(H,33,40)(H,41,42)/t16-,17-,18-,19-,20-/m0/s1. The number of unbranched alkanes of at least 4 members (excludes halogenated alkanes) is 1. The fraction of sp³-hybridized carbons (Fsp3) is 0.769. The number of carbonyl (C=O) groups is 6. The minimum atomic E-state index is -1.57. The first-order chi connectivity index (χ1) is 19.7. The van der Waals surface area contributed by atoms with Crippen molar-refractivity contribution in [1.82, 2.24) is 26.6 Å². The minimum Gasteiger partial charge on any atom is -0.480 e. The lowest BCUT2D eigenvalue weighted by atomic mass is 10.0. The van der Waals surface area contributed by atoms with Gasteiger partial charge in [-0.15, -0.1) is 0 Å². The highest BCUT2D eigenvalue weighted by Gasteiger charge is 2.31. The fourth-order valence-corrected chi connectivity index (χ4v) is 3.82. The van der Waals surface area contributed by atoms with Crippen LogP contribution in [0, 0.1) is 11.8 Å². The molecule has 0 aliphatic carbocycles. The molecule has 0 aromatic rings. The van der Waals surface area contributed by atoms with E-state index >= 15 is 0 Å². The van der Waals surface area contributed by atoms with Crippen molar-refractivity contribution >= 4 is 35.5 Å². The number of aliphatic carboxylic acids is 1. The Bertz CT molecular complexity index is 901. The van der Waals surface area contributed by atoms with Crippen molar-refractivity contribution in [2.24, 2.45) is 23.3 Å². The first-order valence-electron chi connectivity index (χ1n) is 14.0. The van der Waals surface area contributed by atoms with Crippen LogP contribution in [0.1, 0.15) is 59.8 Å². The second kappa shape index (κ2) is 20.5. The van der Waals surface area contributed by atoms with Gasteiger partial charge in [0.2, 0.25) is 29.5 Å². The Morgan fingerprint density at radius 1 is 0.667 bits per heavy atom. The number of hydrogen-bond acceptors (Lipinski definition) is 10. The van der Waals surface area contributed by atoms with E-state index in [-0.39, 0.29) is 24.7 Å². The Hall–Kier alpha value is -3.34. The molecule has 0 aromatic carbocycles. The van der Waals surface area contributed by atoms with Gasteiger partial charge in [-0.2, -0.15) is 0 Å². The second-order valence-electron chi connectivity index (χ2n) is 10.9. The molecule has 42 heavy (non-hydrogen) atoms. The van der Waals surface area contributed by atoms with E-state index < -0.39 is 85.5 Å². The van der Waals surface area contributed by atoms with Gasteiger partial charge >= 0.3 is 5.97 Å². The van der Waals surface area contributed by atoms with Gasteiger partial charge in [0.05, 0.1) is 25.8 Å². The Morgan fingerprint density at radius 2 is 1.14 bits per heavy atom. The number of carboxylic acids is 1. The molecular weight excluding hydrogens is 554 g/mol. The number of aliphatic hydroxyl groups is 2. The number of nitrogens with two attached hydrogens (primary N) is 2. The highest BCUT2D eigenvalue weighted by Crippen LogP contribution is 2.06. The summed E-state index contributed by atoms with van der Waals surface area (Å²) in [5.74, 6) is -5.23. The molecule has 0 fully saturated rings. The molecule has 0 aromatic heterocycles. The van der Waals surface area contributed by atoms with E-state index in [0.29, 0.717) is 25.8 Å². The normalized spacial score (nSPS) is 14.7. The van der Waals surface area contributed by atoms with Crippen molar-refractivity contribution in [2.45, 2.75) is 90.0 Å². The van der Waals surface area contributed by atoms with Crippen molar-refractivity contribution in [3.63, 3.8) is 0 Å². The van der Waals surface area contributed by atoms with Gasteiger partial charge in [0.1, 0.15) is 24.2 Å². The first kappa shape index (κ1) is 38.7. The summed E-state index contributed by atoms with van der Waals surface area (Å²) in [6, 6.07) is -6.36. The second-order valence-corrected chi connectivity index (χ2v) is 10.9. The largest absolute Gasteiger partial charge is 0.480 e. The Balaban J connectivity index is 5.27. The zero-order valence-electron chi connectivity index (χ0n) is 24.9. The maximum atomic E-state index is 13.0. The molecule has 0 radical (unpaired) electrons. The molecule has 5 atom stereocenters. The summed E-state index contributed by atoms with van der Waals surface area (Å²) in [6.07, 6.45) is 1.62. The molecule has 0 rings (SSSR count). The highest BCUT2D eigenvalue weighted by atomic mass is 16.4. The summed E-state index contributed by atoms with van der Waals surface area (Å²) in [4.78, 5) is 74.3. The van der Waals surface area contributed by atoms with Crippen molar-refractivity contribution in [3.05, 3.63) is 0 Å². The van der Waals surface area contributed by atoms with Crippen LogP contribution < -0.4 is 38.1 Å². The van der Waals surface area contributed by atoms with Gasteiger partial charge in [0.25, 0.3) is 0 Å². The van der Waals surface area contributed by atoms with Crippen LogP contribution in [0.5, 0.6) is 0 Å². The SMILES string of the molecule is CC(C)C[C@H](NC(=O)CNC(=O)[C@@H](N)CC(C)C)C(=O)N[C@@H](CO)C(=O)N[C@@H](CO)C(=O)N[C@@H](CCCCN)C(=O)O. The summed E-state index contributed by atoms with van der Waals surface area (Å²) in [5.41, 5.74) is 11.2. The van der Waals surface area contributed by atoms with Gasteiger partial charge in [0, 0.05) is 0 Å². The number of amides is 5. The molecular formula is C26H49N7O9. The number of rotatable bonds is 21. The summed E-state index contributed by atoms with van der Waals surface area (Å²) in [7, 11) is 0. The predicted octanol–water partition coefficient (Wildman–Crippen LogP) is -3.34. The number of aliphatic hydroxyl groups excluding tert-OH is 2. The molecule has 0 bridgehead atoms. The van der Waals surface area contributed by atoms with Crippen molar-refractivity contribution in [2.75, 3.05) is 26.3 Å². The van der Waals surface area contributed by atoms with E-state index in [0.717, 1.165) is 0 Å². The molecule has 0 saturated carbocycles. The van der Waals surface area contributed by atoms with E-state index in [9.17, 15) is 44.1 Å². The van der Waals surface area contributed by atoms with Crippen LogP contribution in [0.3, 0.4) is 0 Å². The van der Waals surface area contributed by atoms with Crippen LogP contribution in [0.25, 0.3) is 0 Å². The Morgan fingerprint density at radius 3 is 1.57 bits per heavy atom. The molecule has 5 amide bonds. The maximum Gasteiger partial charge on any atom is 0.326 e. The Kier molecular flexibility index (Phi) is 18.9. The molecule has 16 nitrogen and oxygen atoms in total. The van der Waals surface area contributed by atoms with Gasteiger partial charge < -0.3 is 53.4 Å². The predicted molar refractivity (Wildman–Crippen MR) is 152 cm³/mol. The number of carboxylic acid groups (broad SMARTS) is 1. The molecule has 12 N–H and O–H groups in total. The molecule has 0 unspecified atom stereocenters. The van der Waals surface area contributed by atoms with Gasteiger partial charge in [0.15, 0.2) is 0 Å². The number of carbonyl (C=O) groups excluding carboxylic acids is 5. The highest BCUT2D eigenvalue weighted by molar-refractivity contribution is 5.95. The van der Waals surface area contributed by atoms with Gasteiger partial charge in [-0.3, -0.25) is 24.0 Å². The zero-order chi connectivity index (χ0) is 32.4. The lowest BCUT2D eigenvalue weighted by Crippen LogP contribution is -2.59. The van der Waals surface area contributed by atoms with E-state index in [2.05, 4.69) is 26.6 Å². The van der Waals surface area contributed by atoms with Crippen molar-refractivity contribution in [1.29, 1.82) is 0 Å². The lowest BCUT2D eigenvalue weighted by molar-refractivity contribution is -0.143. The summed E-state index contributed by atoms with van der Waals surface area (Å²) in [6.45, 7) is 5.50. The van der Waals surface area contributed by atoms with Crippen LogP contribution in [0.15, 0.2) is 0 Å². The number of nitrogens with one attached hydrogen (secondary N) is 5. The van der Waals surface area contributed by atoms with Crippen LogP contribution in [-0.4, -0.2) is 107 Å². The molecule has 0 aliphatic heterocycles. The van der Waals surface area contributed by atoms with E-state index in [1.165, 1.54) is 0 Å². The monoisotopic (exact) mass is 603 g/mol. The summed E-state index contributed by atoms with van der Waals surface area (Å²) in [5, 5.41) is 40.3. The van der Waals surface area contributed by atoms with Crippen molar-refractivity contribution in [3.8, 4) is 0 Å².